The van der Waals surface area contributed by atoms with Crippen molar-refractivity contribution >= 4 is 40.0 Å². The fourth-order valence-corrected chi connectivity index (χ4v) is 4.37. The van der Waals surface area contributed by atoms with Crippen molar-refractivity contribution < 1.29 is 9.59 Å². The molecule has 2 heterocycles. The summed E-state index contributed by atoms with van der Waals surface area (Å²) >= 11 is 6.07. The number of nitrogens with one attached hydrogen (secondary N) is 3. The van der Waals surface area contributed by atoms with Crippen LogP contribution in [0.2, 0.25) is 5.02 Å². The molecule has 9 heteroatoms. The lowest BCUT2D eigenvalue weighted by Crippen LogP contribution is -2.26. The van der Waals surface area contributed by atoms with E-state index in [0.29, 0.717) is 47.3 Å². The van der Waals surface area contributed by atoms with Crippen molar-refractivity contribution in [3.05, 3.63) is 112 Å². The van der Waals surface area contributed by atoms with Gasteiger partial charge in [0.1, 0.15) is 23.1 Å². The van der Waals surface area contributed by atoms with Crippen molar-refractivity contribution in [3.8, 4) is 11.8 Å². The van der Waals surface area contributed by atoms with Gasteiger partial charge in [0, 0.05) is 34.6 Å². The largest absolute Gasteiger partial charge is 0.369 e. The van der Waals surface area contributed by atoms with E-state index in [1.54, 1.807) is 41.1 Å². The first-order chi connectivity index (χ1) is 18.9. The third-order valence-electron chi connectivity index (χ3n) is 6.30. The minimum atomic E-state index is -0.340. The van der Waals surface area contributed by atoms with Crippen LogP contribution >= 0.6 is 11.6 Å². The predicted molar refractivity (Wildman–Crippen MR) is 152 cm³/mol. The fraction of sp³-hybridized carbons (Fsp3) is 0.133. The molecule has 0 unspecified atom stereocenters. The van der Waals surface area contributed by atoms with Gasteiger partial charge in [-0.2, -0.15) is 10.4 Å². The topological polar surface area (TPSA) is 116 Å². The van der Waals surface area contributed by atoms with E-state index in [4.69, 9.17) is 11.6 Å². The maximum atomic E-state index is 13.3. The molecule has 0 atom stereocenters. The molecule has 1 amide bonds. The van der Waals surface area contributed by atoms with Gasteiger partial charge < -0.3 is 15.6 Å². The van der Waals surface area contributed by atoms with E-state index in [-0.39, 0.29) is 22.9 Å². The Morgan fingerprint density at radius 2 is 1.77 bits per heavy atom. The number of aryl methyl sites for hydroxylation is 1. The summed E-state index contributed by atoms with van der Waals surface area (Å²) in [7, 11) is 0. The molecule has 0 aliphatic rings. The molecule has 39 heavy (non-hydrogen) atoms. The number of ketones is 1. The number of benzene rings is 3. The van der Waals surface area contributed by atoms with Crippen LogP contribution in [0, 0.1) is 18.3 Å². The Hall–Kier alpha value is -4.87. The summed E-state index contributed by atoms with van der Waals surface area (Å²) in [5.74, 6) is -0.133. The van der Waals surface area contributed by atoms with Gasteiger partial charge in [0.25, 0.3) is 5.91 Å². The van der Waals surface area contributed by atoms with Crippen LogP contribution in [0.25, 0.3) is 16.6 Å². The number of carbonyl (C=O) groups excluding carboxylic acids is 2. The maximum absolute atomic E-state index is 13.3. The van der Waals surface area contributed by atoms with Crippen molar-refractivity contribution in [2.45, 2.75) is 13.3 Å². The Balaban J connectivity index is 1.32. The second kappa shape index (κ2) is 11.3. The van der Waals surface area contributed by atoms with E-state index in [1.807, 2.05) is 49.4 Å². The molecule has 0 aliphatic heterocycles. The summed E-state index contributed by atoms with van der Waals surface area (Å²) in [6.45, 7) is 2.78. The molecule has 0 fully saturated rings. The molecule has 0 bridgehead atoms. The SMILES string of the molecule is Cc1ccc(C(=O)c2nn(-c3ccc(Cl)cc3)c(NCCCNC(=O)c3cc4ccccc4[nH]3)c2C#N)cc1. The standard InChI is InChI=1S/C30H25ClN6O2/c1-19-7-9-20(10-8-19)28(38)27-24(18-32)29(37(36-27)23-13-11-22(31)12-14-23)33-15-4-16-34-30(39)26-17-21-5-2-3-6-25(21)35-26/h2-3,5-14,17,33,35H,4,15-16H2,1H3,(H,34,39). The highest BCUT2D eigenvalue weighted by atomic mass is 35.5. The van der Waals surface area contributed by atoms with E-state index < -0.39 is 0 Å². The van der Waals surface area contributed by atoms with Gasteiger partial charge in [-0.3, -0.25) is 9.59 Å². The number of hydrogen-bond acceptors (Lipinski definition) is 5. The average Bonchev–Trinajstić information content (AvgIpc) is 3.55. The summed E-state index contributed by atoms with van der Waals surface area (Å²) in [4.78, 5) is 29.0. The number of carbonyl (C=O) groups is 2. The Labute approximate surface area is 230 Å². The molecule has 2 aromatic heterocycles. The van der Waals surface area contributed by atoms with Gasteiger partial charge >= 0.3 is 0 Å². The van der Waals surface area contributed by atoms with Crippen LogP contribution < -0.4 is 10.6 Å². The third kappa shape index (κ3) is 5.54. The molecule has 0 radical (unpaired) electrons. The summed E-state index contributed by atoms with van der Waals surface area (Å²) in [6.07, 6.45) is 0.573. The quantitative estimate of drug-likeness (QED) is 0.166. The summed E-state index contributed by atoms with van der Waals surface area (Å²) in [6, 6.07) is 25.8. The Kier molecular flexibility index (Phi) is 7.43. The number of halogens is 1. The van der Waals surface area contributed by atoms with E-state index in [1.165, 1.54) is 0 Å². The number of H-pyrrole nitrogens is 1. The lowest BCUT2D eigenvalue weighted by molar-refractivity contribution is 0.0948. The van der Waals surface area contributed by atoms with Crippen LogP contribution in [-0.4, -0.2) is 39.5 Å². The van der Waals surface area contributed by atoms with Crippen molar-refractivity contribution in [1.29, 1.82) is 5.26 Å². The van der Waals surface area contributed by atoms with Gasteiger partial charge in [-0.15, -0.1) is 0 Å². The number of amides is 1. The van der Waals surface area contributed by atoms with E-state index in [0.717, 1.165) is 16.5 Å². The van der Waals surface area contributed by atoms with E-state index in [2.05, 4.69) is 26.8 Å². The van der Waals surface area contributed by atoms with Crippen molar-refractivity contribution in [1.82, 2.24) is 20.1 Å². The highest BCUT2D eigenvalue weighted by molar-refractivity contribution is 6.30. The molecule has 3 N–H and O–H groups in total. The number of anilines is 1. The van der Waals surface area contributed by atoms with Gasteiger partial charge in [-0.25, -0.2) is 4.68 Å². The lowest BCUT2D eigenvalue weighted by Gasteiger charge is -2.11. The number of para-hydroxylation sites is 1. The highest BCUT2D eigenvalue weighted by Gasteiger charge is 2.25. The number of hydrogen-bond donors (Lipinski definition) is 3. The van der Waals surface area contributed by atoms with Gasteiger partial charge in [-0.05, 0) is 49.7 Å². The first-order valence-corrected chi connectivity index (χ1v) is 12.8. The fourth-order valence-electron chi connectivity index (χ4n) is 4.24. The molecule has 5 rings (SSSR count). The average molecular weight is 537 g/mol. The Morgan fingerprint density at radius 3 is 2.49 bits per heavy atom. The van der Waals surface area contributed by atoms with Gasteiger partial charge in [0.2, 0.25) is 5.78 Å². The minimum absolute atomic E-state index is 0.0610. The molecule has 3 aromatic carbocycles. The number of fused-ring (bicyclic) bond motifs is 1. The third-order valence-corrected chi connectivity index (χ3v) is 6.56. The molecule has 0 saturated heterocycles. The zero-order valence-electron chi connectivity index (χ0n) is 21.2. The van der Waals surface area contributed by atoms with Crippen molar-refractivity contribution in [3.63, 3.8) is 0 Å². The van der Waals surface area contributed by atoms with Crippen LogP contribution in [0.3, 0.4) is 0 Å². The monoisotopic (exact) mass is 536 g/mol. The van der Waals surface area contributed by atoms with Crippen molar-refractivity contribution in [2.75, 3.05) is 18.4 Å². The summed E-state index contributed by atoms with van der Waals surface area (Å²) in [5.41, 5.74) is 3.73. The first-order valence-electron chi connectivity index (χ1n) is 12.4. The number of nitriles is 1. The number of aromatic nitrogens is 3. The predicted octanol–water partition coefficient (Wildman–Crippen LogP) is 5.65. The zero-order valence-corrected chi connectivity index (χ0v) is 21.9. The lowest BCUT2D eigenvalue weighted by atomic mass is 10.0. The molecule has 0 spiro atoms. The second-order valence-electron chi connectivity index (χ2n) is 9.07. The van der Waals surface area contributed by atoms with Crippen LogP contribution in [0.4, 0.5) is 5.82 Å². The molecule has 0 aliphatic carbocycles. The van der Waals surface area contributed by atoms with Crippen LogP contribution in [0.15, 0.2) is 78.9 Å². The molecule has 0 saturated carbocycles. The Morgan fingerprint density at radius 1 is 1.03 bits per heavy atom. The molecule has 194 valence electrons. The normalized spacial score (nSPS) is 10.8. The number of rotatable bonds is 9. The van der Waals surface area contributed by atoms with Gasteiger partial charge in [0.15, 0.2) is 5.69 Å². The van der Waals surface area contributed by atoms with Gasteiger partial charge in [0.05, 0.1) is 5.69 Å². The second-order valence-corrected chi connectivity index (χ2v) is 9.51. The number of nitrogens with zero attached hydrogens (tertiary/aromatic N) is 3. The van der Waals surface area contributed by atoms with Crippen molar-refractivity contribution in [2.24, 2.45) is 0 Å². The van der Waals surface area contributed by atoms with Crippen LogP contribution in [-0.2, 0) is 0 Å². The first kappa shape index (κ1) is 25.8. The summed E-state index contributed by atoms with van der Waals surface area (Å²) in [5, 5.41) is 22.3. The van der Waals surface area contributed by atoms with E-state index in [9.17, 15) is 14.9 Å². The van der Waals surface area contributed by atoms with Gasteiger partial charge in [-0.1, -0.05) is 59.6 Å². The minimum Gasteiger partial charge on any atom is -0.369 e. The van der Waals surface area contributed by atoms with E-state index >= 15 is 0 Å². The Bertz CT molecular complexity index is 1660. The maximum Gasteiger partial charge on any atom is 0.267 e. The molecular weight excluding hydrogens is 512 g/mol. The number of aromatic amines is 1. The van der Waals surface area contributed by atoms with Crippen LogP contribution in [0.1, 0.15) is 44.1 Å². The highest BCUT2D eigenvalue weighted by Crippen LogP contribution is 2.26. The zero-order chi connectivity index (χ0) is 27.4. The van der Waals surface area contributed by atoms with Crippen LogP contribution in [0.5, 0.6) is 0 Å². The smallest absolute Gasteiger partial charge is 0.267 e. The molecule has 8 nitrogen and oxygen atoms in total. The molecular formula is C30H25ClN6O2. The summed E-state index contributed by atoms with van der Waals surface area (Å²) < 4.78 is 1.54. The molecule has 5 aromatic rings.